The molecule has 0 fully saturated rings. The van der Waals surface area contributed by atoms with Crippen LogP contribution < -0.4 is 4.74 Å². The molecule has 0 amide bonds. The van der Waals surface area contributed by atoms with Gasteiger partial charge in [-0.2, -0.15) is 13.2 Å². The summed E-state index contributed by atoms with van der Waals surface area (Å²) < 4.78 is 42.9. The van der Waals surface area contributed by atoms with Crippen molar-refractivity contribution in [3.63, 3.8) is 0 Å². The van der Waals surface area contributed by atoms with Crippen LogP contribution in [0.25, 0.3) is 10.8 Å². The number of alkyl halides is 3. The lowest BCUT2D eigenvalue weighted by molar-refractivity contribution is -0.140. The highest BCUT2D eigenvalue weighted by Gasteiger charge is 2.35. The van der Waals surface area contributed by atoms with Crippen LogP contribution >= 0.6 is 11.6 Å². The van der Waals surface area contributed by atoms with E-state index in [1.807, 2.05) is 0 Å². The fraction of sp³-hybridized carbons (Fsp3) is 0.200. The van der Waals surface area contributed by atoms with Crippen molar-refractivity contribution in [2.45, 2.75) is 6.18 Å². The highest BCUT2D eigenvalue weighted by atomic mass is 35.5. The maximum atomic E-state index is 12.7. The molecule has 3 nitrogen and oxygen atoms in total. The third kappa shape index (κ3) is 2.12. The van der Waals surface area contributed by atoms with Gasteiger partial charge in [-0.3, -0.25) is 0 Å². The van der Waals surface area contributed by atoms with E-state index in [0.29, 0.717) is 5.75 Å². The summed E-state index contributed by atoms with van der Waals surface area (Å²) in [6.45, 7) is 0. The Morgan fingerprint density at radius 3 is 2.47 bits per heavy atom. The Morgan fingerprint density at radius 1 is 1.18 bits per heavy atom. The summed E-state index contributed by atoms with van der Waals surface area (Å²) in [5, 5.41) is 6.35. The smallest absolute Gasteiger partial charge is 0.435 e. The van der Waals surface area contributed by atoms with Crippen LogP contribution in [0.15, 0.2) is 18.2 Å². The third-order valence-electron chi connectivity index (χ3n) is 2.21. The summed E-state index contributed by atoms with van der Waals surface area (Å²) >= 11 is 5.71. The molecule has 0 aliphatic rings. The van der Waals surface area contributed by atoms with Crippen molar-refractivity contribution in [2.75, 3.05) is 7.11 Å². The van der Waals surface area contributed by atoms with Crippen LogP contribution in [0.5, 0.6) is 5.75 Å². The lowest BCUT2D eigenvalue weighted by Crippen LogP contribution is -2.10. The Kier molecular flexibility index (Phi) is 2.82. The van der Waals surface area contributed by atoms with Gasteiger partial charge in [0.05, 0.1) is 7.11 Å². The van der Waals surface area contributed by atoms with E-state index in [1.165, 1.54) is 25.3 Å². The Bertz CT molecular complexity index is 571. The molecule has 0 aliphatic carbocycles. The van der Waals surface area contributed by atoms with Crippen LogP contribution in [-0.4, -0.2) is 17.3 Å². The molecule has 0 aliphatic heterocycles. The SMILES string of the molecule is COc1ccc2c(C(F)(F)F)nnc(Cl)c2c1. The van der Waals surface area contributed by atoms with Crippen LogP contribution in [0.2, 0.25) is 5.15 Å². The molecule has 2 aromatic rings. The first kappa shape index (κ1) is 11.9. The maximum absolute atomic E-state index is 12.7. The van der Waals surface area contributed by atoms with Crippen LogP contribution in [0.1, 0.15) is 5.69 Å². The molecule has 0 bridgehead atoms. The van der Waals surface area contributed by atoms with Gasteiger partial charge in [0.15, 0.2) is 10.8 Å². The fourth-order valence-electron chi connectivity index (χ4n) is 1.44. The van der Waals surface area contributed by atoms with Gasteiger partial charge in [-0.05, 0) is 18.2 Å². The molecular formula is C10H6ClF3N2O. The normalized spacial score (nSPS) is 11.8. The van der Waals surface area contributed by atoms with Gasteiger partial charge in [0.1, 0.15) is 5.75 Å². The molecule has 1 aromatic heterocycles. The van der Waals surface area contributed by atoms with E-state index in [2.05, 4.69) is 10.2 Å². The second-order valence-corrected chi connectivity index (χ2v) is 3.61. The van der Waals surface area contributed by atoms with Gasteiger partial charge in [0, 0.05) is 10.8 Å². The van der Waals surface area contributed by atoms with Crippen molar-refractivity contribution in [3.8, 4) is 5.75 Å². The van der Waals surface area contributed by atoms with Crippen molar-refractivity contribution in [1.29, 1.82) is 0 Å². The van der Waals surface area contributed by atoms with Crippen LogP contribution in [0.4, 0.5) is 13.2 Å². The van der Waals surface area contributed by atoms with E-state index in [1.54, 1.807) is 0 Å². The predicted molar refractivity (Wildman–Crippen MR) is 56.1 cm³/mol. The monoisotopic (exact) mass is 262 g/mol. The van der Waals surface area contributed by atoms with Crippen molar-refractivity contribution in [1.82, 2.24) is 10.2 Å². The summed E-state index contributed by atoms with van der Waals surface area (Å²) in [4.78, 5) is 0. The van der Waals surface area contributed by atoms with Crippen LogP contribution in [0, 0.1) is 0 Å². The number of hydrogen-bond acceptors (Lipinski definition) is 3. The Labute approximate surface area is 99.2 Å². The summed E-state index contributed by atoms with van der Waals surface area (Å²) in [6.07, 6.45) is -4.57. The van der Waals surface area contributed by atoms with Crippen molar-refractivity contribution < 1.29 is 17.9 Å². The Morgan fingerprint density at radius 2 is 1.88 bits per heavy atom. The van der Waals surface area contributed by atoms with Gasteiger partial charge in [0.2, 0.25) is 0 Å². The van der Waals surface area contributed by atoms with Gasteiger partial charge >= 0.3 is 6.18 Å². The molecule has 0 radical (unpaired) electrons. The molecule has 17 heavy (non-hydrogen) atoms. The number of benzene rings is 1. The van der Waals surface area contributed by atoms with E-state index in [0.717, 1.165) is 0 Å². The van der Waals surface area contributed by atoms with E-state index < -0.39 is 11.9 Å². The van der Waals surface area contributed by atoms with Gasteiger partial charge < -0.3 is 4.74 Å². The number of ether oxygens (including phenoxy) is 1. The molecule has 1 aromatic carbocycles. The first-order valence-corrected chi connectivity index (χ1v) is 4.88. The fourth-order valence-corrected chi connectivity index (χ4v) is 1.63. The number of methoxy groups -OCH3 is 1. The minimum atomic E-state index is -4.57. The Balaban J connectivity index is 2.78. The first-order chi connectivity index (χ1) is 7.93. The first-order valence-electron chi connectivity index (χ1n) is 4.50. The number of fused-ring (bicyclic) bond motifs is 1. The topological polar surface area (TPSA) is 35.0 Å². The second kappa shape index (κ2) is 4.03. The molecule has 0 atom stereocenters. The lowest BCUT2D eigenvalue weighted by Gasteiger charge is -2.09. The number of rotatable bonds is 1. The van der Waals surface area contributed by atoms with Crippen LogP contribution in [-0.2, 0) is 6.18 Å². The molecule has 2 rings (SSSR count). The summed E-state index contributed by atoms with van der Waals surface area (Å²) in [5.41, 5.74) is -1.06. The number of halogens is 4. The predicted octanol–water partition coefficient (Wildman–Crippen LogP) is 3.31. The maximum Gasteiger partial charge on any atom is 0.435 e. The quantitative estimate of drug-likeness (QED) is 0.791. The highest BCUT2D eigenvalue weighted by Crippen LogP contribution is 2.35. The lowest BCUT2D eigenvalue weighted by atomic mass is 10.1. The zero-order valence-corrected chi connectivity index (χ0v) is 9.30. The highest BCUT2D eigenvalue weighted by molar-refractivity contribution is 6.34. The standard InChI is InChI=1S/C10H6ClF3N2O/c1-17-5-2-3-6-7(4-5)9(11)16-15-8(6)10(12,13)14/h2-4H,1H3. The van der Waals surface area contributed by atoms with Crippen molar-refractivity contribution >= 4 is 22.4 Å². The molecule has 90 valence electrons. The zero-order valence-electron chi connectivity index (χ0n) is 8.55. The summed E-state index contributed by atoms with van der Waals surface area (Å²) in [6, 6.07) is 4.06. The van der Waals surface area contributed by atoms with Gasteiger partial charge in [0.25, 0.3) is 0 Å². The molecule has 1 heterocycles. The number of hydrogen-bond donors (Lipinski definition) is 0. The second-order valence-electron chi connectivity index (χ2n) is 3.25. The number of nitrogens with zero attached hydrogens (tertiary/aromatic N) is 2. The summed E-state index contributed by atoms with van der Waals surface area (Å²) in [5.74, 6) is 0.403. The third-order valence-corrected chi connectivity index (χ3v) is 2.49. The van der Waals surface area contributed by atoms with E-state index in [-0.39, 0.29) is 15.9 Å². The van der Waals surface area contributed by atoms with Gasteiger partial charge in [-0.15, -0.1) is 10.2 Å². The molecule has 0 saturated carbocycles. The van der Waals surface area contributed by atoms with E-state index in [4.69, 9.17) is 16.3 Å². The Hall–Kier alpha value is -1.56. The molecule has 7 heteroatoms. The average molecular weight is 263 g/mol. The van der Waals surface area contributed by atoms with Crippen molar-refractivity contribution in [3.05, 3.63) is 29.0 Å². The molecule has 0 saturated heterocycles. The average Bonchev–Trinajstić information content (AvgIpc) is 2.27. The molecule has 0 spiro atoms. The molecule has 0 unspecified atom stereocenters. The minimum Gasteiger partial charge on any atom is -0.497 e. The molecular weight excluding hydrogens is 257 g/mol. The largest absolute Gasteiger partial charge is 0.497 e. The zero-order chi connectivity index (χ0) is 12.6. The molecule has 0 N–H and O–H groups in total. The van der Waals surface area contributed by atoms with Crippen molar-refractivity contribution in [2.24, 2.45) is 0 Å². The van der Waals surface area contributed by atoms with Crippen LogP contribution in [0.3, 0.4) is 0 Å². The minimum absolute atomic E-state index is 0.0908. The van der Waals surface area contributed by atoms with E-state index >= 15 is 0 Å². The number of aromatic nitrogens is 2. The van der Waals surface area contributed by atoms with E-state index in [9.17, 15) is 13.2 Å². The van der Waals surface area contributed by atoms with Gasteiger partial charge in [-0.1, -0.05) is 11.6 Å². The van der Waals surface area contributed by atoms with Gasteiger partial charge in [-0.25, -0.2) is 0 Å². The summed E-state index contributed by atoms with van der Waals surface area (Å²) in [7, 11) is 1.41.